The summed E-state index contributed by atoms with van der Waals surface area (Å²) in [6.07, 6.45) is 6.06. The van der Waals surface area contributed by atoms with Crippen molar-refractivity contribution in [1.82, 2.24) is 10.2 Å². The number of anilines is 1. The molecule has 3 rings (SSSR count). The molecule has 1 aliphatic rings. The molecule has 2 amide bonds. The van der Waals surface area contributed by atoms with Crippen molar-refractivity contribution in [3.63, 3.8) is 0 Å². The Hall–Kier alpha value is -2.49. The summed E-state index contributed by atoms with van der Waals surface area (Å²) in [5, 5.41) is 3.84. The summed E-state index contributed by atoms with van der Waals surface area (Å²) < 4.78 is 31.6. The highest BCUT2D eigenvalue weighted by Gasteiger charge is 2.31. The maximum Gasteiger partial charge on any atom is 0.244 e. The highest BCUT2D eigenvalue weighted by Crippen LogP contribution is 2.26. The van der Waals surface area contributed by atoms with E-state index in [9.17, 15) is 18.0 Å². The van der Waals surface area contributed by atoms with Crippen molar-refractivity contribution in [3.05, 3.63) is 58.1 Å². The molecule has 1 N–H and O–H groups in total. The first-order valence-electron chi connectivity index (χ1n) is 12.1. The molecule has 2 aromatic rings. The number of nitrogens with zero attached hydrogens (tertiary/aromatic N) is 2. The Morgan fingerprint density at radius 2 is 1.81 bits per heavy atom. The summed E-state index contributed by atoms with van der Waals surface area (Å²) in [5.74, 6) is -0.396. The van der Waals surface area contributed by atoms with E-state index < -0.39 is 28.5 Å². The van der Waals surface area contributed by atoms with Crippen LogP contribution in [0.2, 0.25) is 10.0 Å². The molecular formula is C26H33Cl2N3O5S. The van der Waals surface area contributed by atoms with Gasteiger partial charge in [-0.2, -0.15) is 0 Å². The van der Waals surface area contributed by atoms with Crippen molar-refractivity contribution in [2.45, 2.75) is 57.7 Å². The largest absolute Gasteiger partial charge is 0.497 e. The molecule has 37 heavy (non-hydrogen) atoms. The number of rotatable bonds is 10. The Morgan fingerprint density at radius 3 is 2.43 bits per heavy atom. The Morgan fingerprint density at radius 1 is 1.11 bits per heavy atom. The predicted octanol–water partition coefficient (Wildman–Crippen LogP) is 4.63. The van der Waals surface area contributed by atoms with Crippen LogP contribution in [-0.2, 0) is 26.2 Å². The van der Waals surface area contributed by atoms with Crippen LogP contribution >= 0.6 is 23.2 Å². The number of amides is 2. The molecule has 0 saturated heterocycles. The Kier molecular flexibility index (Phi) is 10.1. The highest BCUT2D eigenvalue weighted by atomic mass is 35.5. The average Bonchev–Trinajstić information content (AvgIpc) is 2.86. The molecule has 8 nitrogen and oxygen atoms in total. The topological polar surface area (TPSA) is 96.0 Å². The van der Waals surface area contributed by atoms with Crippen molar-refractivity contribution in [2.75, 3.05) is 24.2 Å². The number of hydrogen-bond acceptors (Lipinski definition) is 5. The molecular weight excluding hydrogens is 537 g/mol. The van der Waals surface area contributed by atoms with Gasteiger partial charge in [0.25, 0.3) is 0 Å². The van der Waals surface area contributed by atoms with Crippen molar-refractivity contribution in [3.8, 4) is 5.75 Å². The van der Waals surface area contributed by atoms with E-state index in [2.05, 4.69) is 5.32 Å². The molecule has 2 aromatic carbocycles. The van der Waals surface area contributed by atoms with Gasteiger partial charge in [0.05, 0.1) is 19.1 Å². The van der Waals surface area contributed by atoms with Crippen molar-refractivity contribution >= 4 is 50.7 Å². The normalized spacial score (nSPS) is 15.1. The third-order valence-electron chi connectivity index (χ3n) is 6.50. The van der Waals surface area contributed by atoms with Gasteiger partial charge < -0.3 is 15.0 Å². The zero-order valence-corrected chi connectivity index (χ0v) is 23.6. The summed E-state index contributed by atoms with van der Waals surface area (Å²) in [6, 6.07) is 10.5. The second-order valence-electron chi connectivity index (χ2n) is 9.25. The zero-order chi connectivity index (χ0) is 27.2. The van der Waals surface area contributed by atoms with Gasteiger partial charge in [-0.15, -0.1) is 0 Å². The zero-order valence-electron chi connectivity index (χ0n) is 21.2. The third-order valence-corrected chi connectivity index (χ3v) is 8.22. The Labute approximate surface area is 228 Å². The second kappa shape index (κ2) is 12.8. The first kappa shape index (κ1) is 29.1. The molecule has 1 saturated carbocycles. The van der Waals surface area contributed by atoms with Crippen LogP contribution in [-0.4, -0.2) is 57.1 Å². The van der Waals surface area contributed by atoms with Crippen LogP contribution in [0.4, 0.5) is 5.69 Å². The van der Waals surface area contributed by atoms with E-state index in [1.807, 2.05) is 0 Å². The summed E-state index contributed by atoms with van der Waals surface area (Å²) in [5.41, 5.74) is 0.864. The highest BCUT2D eigenvalue weighted by molar-refractivity contribution is 7.92. The van der Waals surface area contributed by atoms with E-state index in [-0.39, 0.29) is 24.2 Å². The maximum absolute atomic E-state index is 13.7. The summed E-state index contributed by atoms with van der Waals surface area (Å²) in [6.45, 7) is 1.14. The lowest BCUT2D eigenvalue weighted by Gasteiger charge is -2.33. The molecule has 0 aromatic heterocycles. The van der Waals surface area contributed by atoms with Gasteiger partial charge in [0.1, 0.15) is 18.3 Å². The van der Waals surface area contributed by atoms with Crippen LogP contribution in [0.1, 0.15) is 44.6 Å². The lowest BCUT2D eigenvalue weighted by molar-refractivity contribution is -0.139. The minimum atomic E-state index is -3.84. The van der Waals surface area contributed by atoms with Crippen LogP contribution < -0.4 is 14.4 Å². The molecule has 1 atom stereocenters. The molecule has 0 heterocycles. The van der Waals surface area contributed by atoms with E-state index in [0.717, 1.165) is 42.7 Å². The molecule has 11 heteroatoms. The quantitative estimate of drug-likeness (QED) is 0.449. The second-order valence-corrected chi connectivity index (χ2v) is 12.0. The molecule has 0 bridgehead atoms. The number of hydrogen-bond donors (Lipinski definition) is 1. The van der Waals surface area contributed by atoms with Gasteiger partial charge in [0.2, 0.25) is 21.8 Å². The van der Waals surface area contributed by atoms with E-state index in [4.69, 9.17) is 27.9 Å². The van der Waals surface area contributed by atoms with Gasteiger partial charge in [0, 0.05) is 28.7 Å². The lowest BCUT2D eigenvalue weighted by atomic mass is 9.95. The summed E-state index contributed by atoms with van der Waals surface area (Å²) in [7, 11) is -2.37. The first-order valence-corrected chi connectivity index (χ1v) is 14.8. The number of carbonyl (C=O) groups excluding carboxylic acids is 2. The van der Waals surface area contributed by atoms with Gasteiger partial charge >= 0.3 is 0 Å². The van der Waals surface area contributed by atoms with Crippen LogP contribution in [0, 0.1) is 0 Å². The average molecular weight is 571 g/mol. The predicted molar refractivity (Wildman–Crippen MR) is 147 cm³/mol. The third kappa shape index (κ3) is 7.99. The van der Waals surface area contributed by atoms with Crippen LogP contribution in [0.5, 0.6) is 5.75 Å². The van der Waals surface area contributed by atoms with Crippen LogP contribution in [0.25, 0.3) is 0 Å². The molecule has 202 valence electrons. The number of ether oxygens (including phenoxy) is 1. The molecule has 0 spiro atoms. The fourth-order valence-corrected chi connectivity index (χ4v) is 5.67. The number of methoxy groups -OCH3 is 1. The monoisotopic (exact) mass is 569 g/mol. The summed E-state index contributed by atoms with van der Waals surface area (Å²) >= 11 is 12.4. The van der Waals surface area contributed by atoms with Crippen molar-refractivity contribution in [1.29, 1.82) is 0 Å². The van der Waals surface area contributed by atoms with Gasteiger partial charge in [-0.1, -0.05) is 54.6 Å². The number of halogens is 2. The molecule has 0 unspecified atom stereocenters. The van der Waals surface area contributed by atoms with Crippen molar-refractivity contribution in [2.24, 2.45) is 0 Å². The maximum atomic E-state index is 13.7. The van der Waals surface area contributed by atoms with Crippen molar-refractivity contribution < 1.29 is 22.7 Å². The van der Waals surface area contributed by atoms with Crippen LogP contribution in [0.15, 0.2) is 42.5 Å². The smallest absolute Gasteiger partial charge is 0.244 e. The fraction of sp³-hybridized carbons (Fsp3) is 0.462. The lowest BCUT2D eigenvalue weighted by Crippen LogP contribution is -2.53. The number of benzene rings is 2. The minimum Gasteiger partial charge on any atom is -0.497 e. The Bertz CT molecular complexity index is 1220. The van der Waals surface area contributed by atoms with E-state index >= 15 is 0 Å². The number of nitrogens with one attached hydrogen (secondary N) is 1. The van der Waals surface area contributed by atoms with E-state index in [1.165, 1.54) is 18.1 Å². The summed E-state index contributed by atoms with van der Waals surface area (Å²) in [4.78, 5) is 28.3. The SMILES string of the molecule is COc1cccc(N(CC(=O)N(Cc2ccc(Cl)cc2Cl)[C@H](C)C(=O)NC2CCCCC2)S(C)(=O)=O)c1. The fourth-order valence-electron chi connectivity index (χ4n) is 4.36. The minimum absolute atomic E-state index is 0.00377. The standard InChI is InChI=1S/C26H33Cl2N3O5S/c1-18(26(33)29-21-8-5-4-6-9-21)30(16-19-12-13-20(27)14-24(19)28)25(32)17-31(37(3,34)35)22-10-7-11-23(15-22)36-2/h7,10-15,18,21H,4-6,8-9,16-17H2,1-3H3,(H,29,33)/t18-/m1/s1. The number of carbonyl (C=O) groups is 2. The van der Waals surface area contributed by atoms with Gasteiger partial charge in [-0.05, 0) is 49.6 Å². The van der Waals surface area contributed by atoms with Gasteiger partial charge in [0.15, 0.2) is 0 Å². The number of sulfonamides is 1. The molecule has 1 fully saturated rings. The molecule has 0 radical (unpaired) electrons. The van der Waals surface area contributed by atoms with Gasteiger partial charge in [-0.25, -0.2) is 8.42 Å². The molecule has 1 aliphatic carbocycles. The van der Waals surface area contributed by atoms with E-state index in [0.29, 0.717) is 21.4 Å². The van der Waals surface area contributed by atoms with Crippen LogP contribution in [0.3, 0.4) is 0 Å². The van der Waals surface area contributed by atoms with E-state index in [1.54, 1.807) is 43.3 Å². The first-order chi connectivity index (χ1) is 17.5. The van der Waals surface area contributed by atoms with Gasteiger partial charge in [-0.3, -0.25) is 13.9 Å². The molecule has 0 aliphatic heterocycles. The Balaban J connectivity index is 1.90.